The van der Waals surface area contributed by atoms with Crippen LogP contribution in [0.4, 0.5) is 0 Å². The number of carbonyl (C=O) groups excluding carboxylic acids is 1. The highest BCUT2D eigenvalue weighted by Crippen LogP contribution is 2.73. The van der Waals surface area contributed by atoms with Gasteiger partial charge in [-0.1, -0.05) is 114 Å². The lowest BCUT2D eigenvalue weighted by atomic mass is 9.44. The molecule has 5 nitrogen and oxygen atoms in total. The fourth-order valence-electron chi connectivity index (χ4n) is 7.92. The lowest BCUT2D eigenvalue weighted by Crippen LogP contribution is -2.65. The Morgan fingerprint density at radius 3 is 1.97 bits per heavy atom. The van der Waals surface area contributed by atoms with E-state index in [9.17, 15) is 9.90 Å². The van der Waals surface area contributed by atoms with E-state index in [2.05, 4.69) is 48.5 Å². The van der Waals surface area contributed by atoms with Crippen LogP contribution < -0.4 is 0 Å². The Kier molecular flexibility index (Phi) is 4.61. The van der Waals surface area contributed by atoms with Crippen LogP contribution in [0.5, 0.6) is 0 Å². The van der Waals surface area contributed by atoms with Gasteiger partial charge in [0.25, 0.3) is 5.91 Å². The molecule has 0 aromatic heterocycles. The molecule has 1 N–H and O–H groups in total. The summed E-state index contributed by atoms with van der Waals surface area (Å²) in [6, 6.07) is 35.0. The van der Waals surface area contributed by atoms with Crippen LogP contribution in [0.2, 0.25) is 0 Å². The summed E-state index contributed by atoms with van der Waals surface area (Å²) >= 11 is 0. The van der Waals surface area contributed by atoms with Gasteiger partial charge in [0.05, 0.1) is 5.92 Å². The monoisotopic (exact) mass is 512 g/mol. The van der Waals surface area contributed by atoms with Crippen LogP contribution in [0.15, 0.2) is 108 Å². The van der Waals surface area contributed by atoms with Gasteiger partial charge in [-0.3, -0.25) is 4.79 Å². The molecule has 192 valence electrons. The first kappa shape index (κ1) is 22.7. The standard InChI is InChI=1S/C34H28N2O3/c1-21-15-17-23(18-16-21)30-33-28-24-11-5-7-13-26(24)29(27-14-8-6-12-25(27)28)34(33,39-35-30)32(38)36(31(33)37)20-19-22-9-3-2-4-10-22/h2-18,28-29,31,37H,19-20H2,1H3/t28?,29?,31-,33-,34+/m1/s1. The van der Waals surface area contributed by atoms with Gasteiger partial charge in [-0.05, 0) is 41.2 Å². The molecule has 4 aromatic rings. The second-order valence-corrected chi connectivity index (χ2v) is 11.2. The topological polar surface area (TPSA) is 62.1 Å². The van der Waals surface area contributed by atoms with Crippen molar-refractivity contribution in [1.82, 2.24) is 4.90 Å². The minimum atomic E-state index is -1.36. The Morgan fingerprint density at radius 1 is 0.795 bits per heavy atom. The maximum atomic E-state index is 14.8. The highest BCUT2D eigenvalue weighted by atomic mass is 16.7. The predicted octanol–water partition coefficient (Wildman–Crippen LogP) is 5.15. The van der Waals surface area contributed by atoms with Crippen molar-refractivity contribution in [3.05, 3.63) is 142 Å². The summed E-state index contributed by atoms with van der Waals surface area (Å²) in [5, 5.41) is 17.2. The van der Waals surface area contributed by atoms with Crippen molar-refractivity contribution in [2.24, 2.45) is 10.6 Å². The number of nitrogens with zero attached hydrogens (tertiary/aromatic N) is 2. The number of oxime groups is 1. The van der Waals surface area contributed by atoms with Crippen LogP contribution in [-0.2, 0) is 16.1 Å². The quantitative estimate of drug-likeness (QED) is 0.412. The van der Waals surface area contributed by atoms with Crippen molar-refractivity contribution in [3.63, 3.8) is 0 Å². The SMILES string of the molecule is Cc1ccc(C2=NO[C@@]34C(=O)N(CCc5ccccc5)[C@H](O)[C@@]23C2c3ccccc3C4c3ccccc32)cc1. The van der Waals surface area contributed by atoms with Crippen molar-refractivity contribution >= 4 is 11.6 Å². The Bertz CT molecular complexity index is 1620. The molecule has 1 fully saturated rings. The minimum Gasteiger partial charge on any atom is -0.377 e. The number of rotatable bonds is 4. The third-order valence-electron chi connectivity index (χ3n) is 9.48. The van der Waals surface area contributed by atoms with Gasteiger partial charge < -0.3 is 14.8 Å². The molecular weight excluding hydrogens is 484 g/mol. The number of benzene rings is 4. The molecule has 39 heavy (non-hydrogen) atoms. The third-order valence-corrected chi connectivity index (χ3v) is 9.48. The van der Waals surface area contributed by atoms with E-state index in [-0.39, 0.29) is 17.7 Å². The second-order valence-electron chi connectivity index (χ2n) is 11.2. The van der Waals surface area contributed by atoms with E-state index < -0.39 is 17.2 Å². The Balaban J connectivity index is 1.38. The molecule has 5 aliphatic rings. The van der Waals surface area contributed by atoms with E-state index in [1.807, 2.05) is 61.5 Å². The van der Waals surface area contributed by atoms with Gasteiger partial charge in [-0.15, -0.1) is 0 Å². The van der Waals surface area contributed by atoms with E-state index >= 15 is 0 Å². The minimum absolute atomic E-state index is 0.184. The number of aliphatic hydroxyl groups is 1. The molecule has 1 amide bonds. The molecule has 9 rings (SSSR count). The van der Waals surface area contributed by atoms with Gasteiger partial charge in [0.15, 0.2) is 0 Å². The molecule has 2 bridgehead atoms. The van der Waals surface area contributed by atoms with E-state index in [4.69, 9.17) is 9.99 Å². The van der Waals surface area contributed by atoms with Crippen LogP contribution in [0.25, 0.3) is 0 Å². The predicted molar refractivity (Wildman–Crippen MR) is 148 cm³/mol. The maximum Gasteiger partial charge on any atom is 0.273 e. The first-order valence-electron chi connectivity index (χ1n) is 13.6. The Morgan fingerprint density at radius 2 is 1.36 bits per heavy atom. The Labute approximate surface area is 227 Å². The lowest BCUT2D eigenvalue weighted by Gasteiger charge is -2.56. The van der Waals surface area contributed by atoms with E-state index in [1.54, 1.807) is 4.90 Å². The molecule has 0 saturated carbocycles. The molecule has 0 spiro atoms. The molecule has 3 atom stereocenters. The molecule has 4 aromatic carbocycles. The van der Waals surface area contributed by atoms with Crippen LogP contribution >= 0.6 is 0 Å². The molecule has 0 unspecified atom stereocenters. The number of aryl methyl sites for hydroxylation is 1. The number of hydrogen-bond donors (Lipinski definition) is 1. The summed E-state index contributed by atoms with van der Waals surface area (Å²) in [5.41, 5.74) is 5.78. The van der Waals surface area contributed by atoms with Gasteiger partial charge in [0, 0.05) is 18.0 Å². The molecule has 1 saturated heterocycles. The number of hydrogen-bond acceptors (Lipinski definition) is 4. The lowest BCUT2D eigenvalue weighted by molar-refractivity contribution is -0.157. The molecule has 5 heteroatoms. The average Bonchev–Trinajstić information content (AvgIpc) is 3.44. The molecule has 2 aliphatic heterocycles. The molecule has 3 aliphatic carbocycles. The van der Waals surface area contributed by atoms with Crippen molar-refractivity contribution in [3.8, 4) is 0 Å². The van der Waals surface area contributed by atoms with Gasteiger partial charge in [-0.25, -0.2) is 0 Å². The third kappa shape index (κ3) is 2.64. The highest BCUT2D eigenvalue weighted by Gasteiger charge is 2.85. The zero-order valence-corrected chi connectivity index (χ0v) is 21.6. The van der Waals surface area contributed by atoms with Crippen molar-refractivity contribution in [1.29, 1.82) is 0 Å². The van der Waals surface area contributed by atoms with Gasteiger partial charge in [0.2, 0.25) is 5.60 Å². The fourth-order valence-corrected chi connectivity index (χ4v) is 7.92. The van der Waals surface area contributed by atoms with Crippen molar-refractivity contribution in [2.75, 3.05) is 6.54 Å². The molecule has 0 radical (unpaired) electrons. The maximum absolute atomic E-state index is 14.8. The van der Waals surface area contributed by atoms with Gasteiger partial charge >= 0.3 is 0 Å². The number of aliphatic hydroxyl groups excluding tert-OH is 1. The first-order chi connectivity index (χ1) is 19.1. The zero-order valence-electron chi connectivity index (χ0n) is 21.6. The van der Waals surface area contributed by atoms with Gasteiger partial charge in [-0.2, -0.15) is 0 Å². The van der Waals surface area contributed by atoms with Crippen LogP contribution in [0, 0.1) is 12.3 Å². The summed E-state index contributed by atoms with van der Waals surface area (Å²) in [6.45, 7) is 2.44. The van der Waals surface area contributed by atoms with Crippen LogP contribution in [-0.4, -0.2) is 40.0 Å². The summed E-state index contributed by atoms with van der Waals surface area (Å²) < 4.78 is 0. The largest absolute Gasteiger partial charge is 0.377 e. The molecule has 2 heterocycles. The van der Waals surface area contributed by atoms with Crippen molar-refractivity contribution in [2.45, 2.75) is 37.0 Å². The van der Waals surface area contributed by atoms with Crippen LogP contribution in [0.1, 0.15) is 50.8 Å². The first-order valence-corrected chi connectivity index (χ1v) is 13.6. The van der Waals surface area contributed by atoms with E-state index in [0.29, 0.717) is 18.7 Å². The zero-order chi connectivity index (χ0) is 26.4. The number of amides is 1. The normalized spacial score (nSPS) is 29.3. The average molecular weight is 513 g/mol. The van der Waals surface area contributed by atoms with Gasteiger partial charge in [0.1, 0.15) is 17.4 Å². The van der Waals surface area contributed by atoms with Crippen molar-refractivity contribution < 1.29 is 14.7 Å². The number of likely N-dealkylation sites (tertiary alicyclic amines) is 1. The van der Waals surface area contributed by atoms with E-state index in [0.717, 1.165) is 38.9 Å². The summed E-state index contributed by atoms with van der Waals surface area (Å²) in [6.07, 6.45) is -0.465. The fraction of sp³-hybridized carbons (Fsp3) is 0.235. The Hall–Kier alpha value is -4.22. The van der Waals surface area contributed by atoms with E-state index in [1.165, 1.54) is 0 Å². The smallest absolute Gasteiger partial charge is 0.273 e. The summed E-state index contributed by atoms with van der Waals surface area (Å²) in [4.78, 5) is 22.9. The summed E-state index contributed by atoms with van der Waals surface area (Å²) in [7, 11) is 0. The van der Waals surface area contributed by atoms with Crippen LogP contribution in [0.3, 0.4) is 0 Å². The summed E-state index contributed by atoms with van der Waals surface area (Å²) in [5.74, 6) is -0.862. The number of carbonyl (C=O) groups is 1. The highest BCUT2D eigenvalue weighted by molar-refractivity contribution is 6.15. The second kappa shape index (κ2) is 7.90. The molecular formula is C34H28N2O3.